The number of rotatable bonds is 3. The Labute approximate surface area is 134 Å². The van der Waals surface area contributed by atoms with Gasteiger partial charge in [0.25, 0.3) is 0 Å². The summed E-state index contributed by atoms with van der Waals surface area (Å²) in [6.07, 6.45) is 0. The molecule has 3 aromatic carbocycles. The van der Waals surface area contributed by atoms with Crippen molar-refractivity contribution in [1.82, 2.24) is 0 Å². The van der Waals surface area contributed by atoms with Crippen LogP contribution in [0.1, 0.15) is 5.56 Å². The molecule has 0 spiro atoms. The van der Waals surface area contributed by atoms with Gasteiger partial charge < -0.3 is 4.18 Å². The molecule has 0 bridgehead atoms. The van der Waals surface area contributed by atoms with Crippen LogP contribution in [-0.4, -0.2) is 8.42 Å². The molecule has 0 atom stereocenters. The average molecular weight is 333 g/mol. The zero-order valence-electron chi connectivity index (χ0n) is 11.8. The average Bonchev–Trinajstić information content (AvgIpc) is 2.49. The minimum atomic E-state index is -3.88. The minimum Gasteiger partial charge on any atom is -0.379 e. The van der Waals surface area contributed by atoms with Crippen molar-refractivity contribution in [3.05, 3.63) is 71.2 Å². The van der Waals surface area contributed by atoms with Gasteiger partial charge in [0.15, 0.2) is 0 Å². The first-order valence-electron chi connectivity index (χ1n) is 6.65. The summed E-state index contributed by atoms with van der Waals surface area (Å²) in [5.41, 5.74) is 0.685. The van der Waals surface area contributed by atoms with Gasteiger partial charge in [-0.2, -0.15) is 8.42 Å². The highest BCUT2D eigenvalue weighted by atomic mass is 35.5. The third-order valence-electron chi connectivity index (χ3n) is 3.34. The zero-order chi connectivity index (χ0) is 15.7. The van der Waals surface area contributed by atoms with E-state index in [9.17, 15) is 8.42 Å². The van der Waals surface area contributed by atoms with Crippen molar-refractivity contribution in [1.29, 1.82) is 0 Å². The van der Waals surface area contributed by atoms with E-state index in [0.717, 1.165) is 10.8 Å². The smallest absolute Gasteiger partial charge is 0.339 e. The summed E-state index contributed by atoms with van der Waals surface area (Å²) in [5.74, 6) is 0.284. The van der Waals surface area contributed by atoms with Gasteiger partial charge in [-0.25, -0.2) is 0 Å². The Morgan fingerprint density at radius 1 is 0.909 bits per heavy atom. The van der Waals surface area contributed by atoms with Crippen LogP contribution in [0, 0.1) is 6.92 Å². The maximum absolute atomic E-state index is 12.3. The van der Waals surface area contributed by atoms with Crippen LogP contribution in [0.5, 0.6) is 5.75 Å². The lowest BCUT2D eigenvalue weighted by Crippen LogP contribution is -2.09. The van der Waals surface area contributed by atoms with Crippen molar-refractivity contribution in [2.75, 3.05) is 0 Å². The number of benzene rings is 3. The van der Waals surface area contributed by atoms with Gasteiger partial charge >= 0.3 is 10.1 Å². The second-order valence-electron chi connectivity index (χ2n) is 4.96. The Balaban J connectivity index is 1.97. The van der Waals surface area contributed by atoms with Gasteiger partial charge in [0.05, 0.1) is 0 Å². The molecule has 0 unspecified atom stereocenters. The topological polar surface area (TPSA) is 43.4 Å². The van der Waals surface area contributed by atoms with Crippen LogP contribution < -0.4 is 4.18 Å². The first-order chi connectivity index (χ1) is 10.5. The molecule has 0 heterocycles. The Morgan fingerprint density at radius 3 is 2.36 bits per heavy atom. The molecular weight excluding hydrogens is 320 g/mol. The Hall–Kier alpha value is -2.04. The molecule has 0 fully saturated rings. The van der Waals surface area contributed by atoms with Gasteiger partial charge in [-0.1, -0.05) is 41.9 Å². The first-order valence-corrected chi connectivity index (χ1v) is 8.44. The maximum atomic E-state index is 12.3. The number of hydrogen-bond acceptors (Lipinski definition) is 3. The molecule has 0 amide bonds. The second kappa shape index (κ2) is 5.63. The number of halogens is 1. The Bertz CT molecular complexity index is 949. The number of fused-ring (bicyclic) bond motifs is 1. The molecule has 3 rings (SSSR count). The summed E-state index contributed by atoms with van der Waals surface area (Å²) in [4.78, 5) is 0.0857. The summed E-state index contributed by atoms with van der Waals surface area (Å²) < 4.78 is 29.9. The fourth-order valence-corrected chi connectivity index (χ4v) is 3.29. The first kappa shape index (κ1) is 14.9. The predicted octanol–water partition coefficient (Wildman–Crippen LogP) is 4.57. The fourth-order valence-electron chi connectivity index (χ4n) is 2.17. The maximum Gasteiger partial charge on any atom is 0.339 e. The van der Waals surface area contributed by atoms with E-state index < -0.39 is 10.1 Å². The van der Waals surface area contributed by atoms with Gasteiger partial charge in [0.2, 0.25) is 0 Å². The lowest BCUT2D eigenvalue weighted by atomic mass is 10.1. The fraction of sp³-hybridized carbons (Fsp3) is 0.0588. The zero-order valence-corrected chi connectivity index (χ0v) is 13.4. The van der Waals surface area contributed by atoms with E-state index in [1.165, 1.54) is 12.1 Å². The highest BCUT2D eigenvalue weighted by molar-refractivity contribution is 7.87. The van der Waals surface area contributed by atoms with Crippen molar-refractivity contribution < 1.29 is 12.6 Å². The monoisotopic (exact) mass is 332 g/mol. The second-order valence-corrected chi connectivity index (χ2v) is 6.91. The highest BCUT2D eigenvalue weighted by Crippen LogP contribution is 2.25. The van der Waals surface area contributed by atoms with Crippen molar-refractivity contribution >= 4 is 32.5 Å². The van der Waals surface area contributed by atoms with Crippen LogP contribution in [0.25, 0.3) is 10.8 Å². The summed E-state index contributed by atoms with van der Waals surface area (Å²) in [6, 6.07) is 17.3. The molecule has 3 aromatic rings. The van der Waals surface area contributed by atoms with Crippen molar-refractivity contribution in [3.63, 3.8) is 0 Å². The lowest BCUT2D eigenvalue weighted by Gasteiger charge is -2.09. The number of aryl methyl sites for hydroxylation is 1. The van der Waals surface area contributed by atoms with Gasteiger partial charge in [0.1, 0.15) is 10.6 Å². The molecule has 0 saturated carbocycles. The van der Waals surface area contributed by atoms with Crippen LogP contribution >= 0.6 is 11.6 Å². The molecule has 0 aliphatic rings. The molecule has 112 valence electrons. The van der Waals surface area contributed by atoms with E-state index in [1.54, 1.807) is 25.1 Å². The molecular formula is C17H13ClO3S. The SMILES string of the molecule is Cc1cc(S(=O)(=O)Oc2ccc3ccccc3c2)ccc1Cl. The van der Waals surface area contributed by atoms with Gasteiger partial charge in [-0.15, -0.1) is 0 Å². The standard InChI is InChI=1S/C17H13ClO3S/c1-12-10-16(8-9-17(12)18)22(19,20)21-15-7-6-13-4-2-3-5-14(13)11-15/h2-11H,1H3. The lowest BCUT2D eigenvalue weighted by molar-refractivity contribution is 0.486. The predicted molar refractivity (Wildman–Crippen MR) is 88.0 cm³/mol. The molecule has 3 nitrogen and oxygen atoms in total. The van der Waals surface area contributed by atoms with E-state index in [-0.39, 0.29) is 10.6 Å². The largest absolute Gasteiger partial charge is 0.379 e. The quantitative estimate of drug-likeness (QED) is 0.660. The van der Waals surface area contributed by atoms with Crippen LogP contribution in [0.15, 0.2) is 65.6 Å². The van der Waals surface area contributed by atoms with Crippen LogP contribution in [-0.2, 0) is 10.1 Å². The van der Waals surface area contributed by atoms with Crippen LogP contribution in [0.2, 0.25) is 5.02 Å². The molecule has 0 saturated heterocycles. The Kier molecular flexibility index (Phi) is 3.81. The van der Waals surface area contributed by atoms with Crippen molar-refractivity contribution in [3.8, 4) is 5.75 Å². The van der Waals surface area contributed by atoms with Crippen LogP contribution in [0.4, 0.5) is 0 Å². The molecule has 0 aromatic heterocycles. The normalized spacial score (nSPS) is 11.5. The van der Waals surface area contributed by atoms with Gasteiger partial charge in [0, 0.05) is 5.02 Å². The molecule has 0 radical (unpaired) electrons. The van der Waals surface area contributed by atoms with E-state index >= 15 is 0 Å². The molecule has 5 heteroatoms. The number of hydrogen-bond donors (Lipinski definition) is 0. The van der Waals surface area contributed by atoms with E-state index in [1.807, 2.05) is 30.3 Å². The van der Waals surface area contributed by atoms with Crippen molar-refractivity contribution in [2.24, 2.45) is 0 Å². The summed E-state index contributed by atoms with van der Waals surface area (Å²) >= 11 is 5.92. The Morgan fingerprint density at radius 2 is 1.64 bits per heavy atom. The van der Waals surface area contributed by atoms with Gasteiger partial charge in [-0.05, 0) is 53.6 Å². The summed E-state index contributed by atoms with van der Waals surface area (Å²) in [6.45, 7) is 1.75. The molecule has 0 aliphatic carbocycles. The van der Waals surface area contributed by atoms with Crippen molar-refractivity contribution in [2.45, 2.75) is 11.8 Å². The van der Waals surface area contributed by atoms with E-state index in [2.05, 4.69) is 0 Å². The third-order valence-corrected chi connectivity index (χ3v) is 5.01. The molecule has 22 heavy (non-hydrogen) atoms. The van der Waals surface area contributed by atoms with Crippen LogP contribution in [0.3, 0.4) is 0 Å². The third kappa shape index (κ3) is 2.93. The highest BCUT2D eigenvalue weighted by Gasteiger charge is 2.17. The summed E-state index contributed by atoms with van der Waals surface area (Å²) in [7, 11) is -3.88. The minimum absolute atomic E-state index is 0.0857. The van der Waals surface area contributed by atoms with E-state index in [0.29, 0.717) is 10.6 Å². The summed E-state index contributed by atoms with van der Waals surface area (Å²) in [5, 5.41) is 2.46. The van der Waals surface area contributed by atoms with Gasteiger partial charge in [-0.3, -0.25) is 0 Å². The van der Waals surface area contributed by atoms with E-state index in [4.69, 9.17) is 15.8 Å². The molecule has 0 N–H and O–H groups in total. The molecule has 0 aliphatic heterocycles.